The molecule has 1 aliphatic carbocycles. The monoisotopic (exact) mass is 257 g/mol. The van der Waals surface area contributed by atoms with Gasteiger partial charge in [-0.25, -0.2) is 0 Å². The number of hydrogen-bond donors (Lipinski definition) is 3. The minimum absolute atomic E-state index is 0.190. The van der Waals surface area contributed by atoms with Crippen molar-refractivity contribution < 1.29 is 15.0 Å². The van der Waals surface area contributed by atoms with Crippen LogP contribution in [0, 0.1) is 23.2 Å². The highest BCUT2D eigenvalue weighted by atomic mass is 16.4. The average Bonchev–Trinajstić information content (AvgIpc) is 2.30. The summed E-state index contributed by atoms with van der Waals surface area (Å²) in [6, 6.07) is 0.351. The first kappa shape index (κ1) is 15.4. The Morgan fingerprint density at radius 2 is 2.06 bits per heavy atom. The van der Waals surface area contributed by atoms with Gasteiger partial charge in [0.25, 0.3) is 0 Å². The smallest absolute Gasteiger partial charge is 0.307 e. The fraction of sp³-hybridized carbons (Fsp3) is 0.929. The summed E-state index contributed by atoms with van der Waals surface area (Å²) in [5, 5.41) is 21.8. The van der Waals surface area contributed by atoms with Gasteiger partial charge in [-0.15, -0.1) is 0 Å². The summed E-state index contributed by atoms with van der Waals surface area (Å²) in [5.41, 5.74) is -0.190. The van der Waals surface area contributed by atoms with E-state index < -0.39 is 5.97 Å². The van der Waals surface area contributed by atoms with Crippen LogP contribution in [-0.2, 0) is 4.79 Å². The maximum atomic E-state index is 11.3. The summed E-state index contributed by atoms with van der Waals surface area (Å²) in [5.74, 6) is -0.356. The Hall–Kier alpha value is -0.610. The van der Waals surface area contributed by atoms with Gasteiger partial charge >= 0.3 is 5.97 Å². The number of aliphatic hydroxyl groups excluding tert-OH is 1. The van der Waals surface area contributed by atoms with Crippen molar-refractivity contribution in [1.82, 2.24) is 5.32 Å². The molecule has 4 unspecified atom stereocenters. The second-order valence-electron chi connectivity index (χ2n) is 6.38. The average molecular weight is 257 g/mol. The van der Waals surface area contributed by atoms with E-state index >= 15 is 0 Å². The zero-order valence-corrected chi connectivity index (χ0v) is 11.9. The van der Waals surface area contributed by atoms with Crippen LogP contribution in [0.4, 0.5) is 0 Å². The Morgan fingerprint density at radius 1 is 1.44 bits per heavy atom. The molecule has 4 atom stereocenters. The minimum atomic E-state index is -0.672. The third-order valence-corrected chi connectivity index (χ3v) is 4.78. The number of hydrogen-bond acceptors (Lipinski definition) is 3. The second kappa shape index (κ2) is 6.02. The van der Waals surface area contributed by atoms with Crippen LogP contribution < -0.4 is 5.32 Å². The molecule has 0 aromatic heterocycles. The van der Waals surface area contributed by atoms with Gasteiger partial charge in [-0.2, -0.15) is 0 Å². The summed E-state index contributed by atoms with van der Waals surface area (Å²) in [7, 11) is 0. The van der Waals surface area contributed by atoms with E-state index in [9.17, 15) is 9.90 Å². The number of carbonyl (C=O) groups is 1. The second-order valence-corrected chi connectivity index (χ2v) is 6.38. The highest BCUT2D eigenvalue weighted by molar-refractivity contribution is 5.71. The molecule has 0 spiro atoms. The van der Waals surface area contributed by atoms with E-state index in [0.717, 1.165) is 19.4 Å². The molecule has 0 aromatic carbocycles. The molecular formula is C14H27NO3. The van der Waals surface area contributed by atoms with Gasteiger partial charge in [0.05, 0.1) is 5.92 Å². The van der Waals surface area contributed by atoms with Crippen LogP contribution in [0.5, 0.6) is 0 Å². The molecule has 0 aromatic rings. The zero-order chi connectivity index (χ0) is 13.9. The van der Waals surface area contributed by atoms with Gasteiger partial charge < -0.3 is 15.5 Å². The molecule has 0 heterocycles. The molecule has 1 fully saturated rings. The van der Waals surface area contributed by atoms with E-state index in [1.54, 1.807) is 0 Å². The number of carboxylic acids is 1. The Kier molecular flexibility index (Phi) is 5.17. The van der Waals surface area contributed by atoms with Crippen LogP contribution in [0.3, 0.4) is 0 Å². The van der Waals surface area contributed by atoms with E-state index in [4.69, 9.17) is 5.11 Å². The van der Waals surface area contributed by atoms with Gasteiger partial charge in [0.15, 0.2) is 0 Å². The first-order valence-electron chi connectivity index (χ1n) is 6.87. The van der Waals surface area contributed by atoms with Crippen LogP contribution in [0.2, 0.25) is 0 Å². The summed E-state index contributed by atoms with van der Waals surface area (Å²) < 4.78 is 0. The molecule has 1 aliphatic rings. The highest BCUT2D eigenvalue weighted by Crippen LogP contribution is 2.45. The van der Waals surface area contributed by atoms with Crippen LogP contribution in [0.25, 0.3) is 0 Å². The number of nitrogens with one attached hydrogen (secondary N) is 1. The molecular weight excluding hydrogens is 230 g/mol. The molecule has 106 valence electrons. The van der Waals surface area contributed by atoms with E-state index in [2.05, 4.69) is 26.1 Å². The largest absolute Gasteiger partial charge is 0.481 e. The predicted octanol–water partition coefficient (Wildman–Crippen LogP) is 1.73. The third-order valence-electron chi connectivity index (χ3n) is 4.78. The van der Waals surface area contributed by atoms with E-state index in [-0.39, 0.29) is 23.9 Å². The summed E-state index contributed by atoms with van der Waals surface area (Å²) in [6.07, 6.45) is 1.64. The van der Waals surface area contributed by atoms with Gasteiger partial charge in [0.2, 0.25) is 0 Å². The number of aliphatic hydroxyl groups is 1. The summed E-state index contributed by atoms with van der Waals surface area (Å²) >= 11 is 0. The third kappa shape index (κ3) is 3.23. The topological polar surface area (TPSA) is 69.6 Å². The van der Waals surface area contributed by atoms with Crippen molar-refractivity contribution in [1.29, 1.82) is 0 Å². The SMILES string of the molecule is CC(CO)CNC1CCC(C(=O)O)C(C)(C)C1C. The minimum Gasteiger partial charge on any atom is -0.481 e. The first-order chi connectivity index (χ1) is 8.30. The van der Waals surface area contributed by atoms with Crippen molar-refractivity contribution in [3.63, 3.8) is 0 Å². The first-order valence-corrected chi connectivity index (χ1v) is 6.87. The quantitative estimate of drug-likeness (QED) is 0.701. The molecule has 1 saturated carbocycles. The van der Waals surface area contributed by atoms with Crippen molar-refractivity contribution in [2.45, 2.75) is 46.6 Å². The maximum Gasteiger partial charge on any atom is 0.307 e. The van der Waals surface area contributed by atoms with Gasteiger partial charge in [-0.1, -0.05) is 27.7 Å². The van der Waals surface area contributed by atoms with Gasteiger partial charge in [-0.3, -0.25) is 4.79 Å². The lowest BCUT2D eigenvalue weighted by molar-refractivity contribution is -0.150. The van der Waals surface area contributed by atoms with Crippen LogP contribution >= 0.6 is 0 Å². The van der Waals surface area contributed by atoms with Crippen LogP contribution in [0.15, 0.2) is 0 Å². The van der Waals surface area contributed by atoms with Crippen LogP contribution in [-0.4, -0.2) is 35.4 Å². The molecule has 0 radical (unpaired) electrons. The fourth-order valence-electron chi connectivity index (χ4n) is 2.94. The van der Waals surface area contributed by atoms with Crippen molar-refractivity contribution >= 4 is 5.97 Å². The van der Waals surface area contributed by atoms with E-state index in [1.165, 1.54) is 0 Å². The normalized spacial score (nSPS) is 33.1. The van der Waals surface area contributed by atoms with Crippen molar-refractivity contribution in [2.75, 3.05) is 13.2 Å². The Morgan fingerprint density at radius 3 is 2.56 bits per heavy atom. The highest BCUT2D eigenvalue weighted by Gasteiger charge is 2.45. The lowest BCUT2D eigenvalue weighted by Gasteiger charge is -2.46. The summed E-state index contributed by atoms with van der Waals surface area (Å²) in [6.45, 7) is 9.23. The molecule has 0 aliphatic heterocycles. The number of aliphatic carboxylic acids is 1. The van der Waals surface area contributed by atoms with Gasteiger partial charge in [0.1, 0.15) is 0 Å². The standard InChI is InChI=1S/C14H27NO3/c1-9(8-16)7-15-12-6-5-11(13(17)18)14(3,4)10(12)2/h9-12,15-16H,5-8H2,1-4H3,(H,17,18). The summed E-state index contributed by atoms with van der Waals surface area (Å²) in [4.78, 5) is 11.3. The Bertz CT molecular complexity index is 291. The van der Waals surface area contributed by atoms with Crippen molar-refractivity contribution in [3.8, 4) is 0 Å². The van der Waals surface area contributed by atoms with Crippen molar-refractivity contribution in [3.05, 3.63) is 0 Å². The number of rotatable bonds is 5. The van der Waals surface area contributed by atoms with E-state index in [0.29, 0.717) is 12.0 Å². The van der Waals surface area contributed by atoms with Crippen LogP contribution in [0.1, 0.15) is 40.5 Å². The molecule has 4 heteroatoms. The molecule has 1 rings (SSSR count). The molecule has 3 N–H and O–H groups in total. The Balaban J connectivity index is 2.63. The molecule has 4 nitrogen and oxygen atoms in total. The van der Waals surface area contributed by atoms with Crippen molar-refractivity contribution in [2.24, 2.45) is 23.2 Å². The van der Waals surface area contributed by atoms with Gasteiger partial charge in [0, 0.05) is 19.2 Å². The maximum absolute atomic E-state index is 11.3. The lowest BCUT2D eigenvalue weighted by Crippen LogP contribution is -2.51. The molecule has 0 bridgehead atoms. The number of carboxylic acid groups (broad SMARTS) is 1. The molecule has 0 saturated heterocycles. The zero-order valence-electron chi connectivity index (χ0n) is 11.9. The molecule has 0 amide bonds. The molecule has 18 heavy (non-hydrogen) atoms. The Labute approximate surface area is 110 Å². The lowest BCUT2D eigenvalue weighted by atomic mass is 9.61. The fourth-order valence-corrected chi connectivity index (χ4v) is 2.94. The predicted molar refractivity (Wildman–Crippen MR) is 71.3 cm³/mol. The van der Waals surface area contributed by atoms with E-state index in [1.807, 2.05) is 6.92 Å². The van der Waals surface area contributed by atoms with Gasteiger partial charge in [-0.05, 0) is 30.1 Å².